The number of ether oxygens (including phenoxy) is 2. The van der Waals surface area contributed by atoms with Gasteiger partial charge in [-0.3, -0.25) is 4.79 Å². The molecule has 1 aromatic carbocycles. The van der Waals surface area contributed by atoms with Crippen molar-refractivity contribution in [3.05, 3.63) is 35.6 Å². The van der Waals surface area contributed by atoms with E-state index in [1.165, 1.54) is 29.2 Å². The van der Waals surface area contributed by atoms with Crippen molar-refractivity contribution in [3.63, 3.8) is 0 Å². The summed E-state index contributed by atoms with van der Waals surface area (Å²) in [5, 5.41) is 2.66. The van der Waals surface area contributed by atoms with Gasteiger partial charge in [0.15, 0.2) is 0 Å². The number of benzene rings is 1. The fraction of sp³-hybridized carbons (Fsp3) is 0.600. The number of hydrogen-bond donors (Lipinski definition) is 1. The number of rotatable bonds is 4. The van der Waals surface area contributed by atoms with Gasteiger partial charge in [0.05, 0.1) is 6.10 Å². The minimum absolute atomic E-state index is 0.00947. The molecule has 2 heterocycles. The summed E-state index contributed by atoms with van der Waals surface area (Å²) in [5.74, 6) is -1.09. The maximum atomic E-state index is 13.2. The third-order valence-corrected chi connectivity index (χ3v) is 5.16. The quantitative estimate of drug-likeness (QED) is 0.720. The van der Waals surface area contributed by atoms with E-state index >= 15 is 0 Å². The summed E-state index contributed by atoms with van der Waals surface area (Å²) >= 11 is 0. The molecule has 0 bridgehead atoms. The van der Waals surface area contributed by atoms with Gasteiger partial charge in [0.1, 0.15) is 19.0 Å². The molecule has 1 N–H and O–H groups in total. The van der Waals surface area contributed by atoms with E-state index in [4.69, 9.17) is 9.47 Å². The lowest BCUT2D eigenvalue weighted by molar-refractivity contribution is -0.196. The third-order valence-electron chi connectivity index (χ3n) is 5.16. The standard InChI is InChI=1S/C20H25F4N3O4/c21-16-4-2-14(3-5-16)18(31-13-20(22,23)24)15-10-27(11-15)19(29)26-7-1-9-30-12-17(28)25-6-8-26/h2-5,15,18H,1,6-13H2,(H,25,28). The zero-order chi connectivity index (χ0) is 22.4. The predicted octanol–water partition coefficient (Wildman–Crippen LogP) is 2.34. The Balaban J connectivity index is 1.60. The number of amides is 3. The molecule has 31 heavy (non-hydrogen) atoms. The van der Waals surface area contributed by atoms with Crippen LogP contribution >= 0.6 is 0 Å². The zero-order valence-corrected chi connectivity index (χ0v) is 16.9. The number of carbonyl (C=O) groups is 2. The Labute approximate surface area is 177 Å². The van der Waals surface area contributed by atoms with Crippen molar-refractivity contribution >= 4 is 11.9 Å². The number of alkyl halides is 3. The summed E-state index contributed by atoms with van der Waals surface area (Å²) in [6.07, 6.45) is -4.83. The predicted molar refractivity (Wildman–Crippen MR) is 102 cm³/mol. The molecule has 11 heteroatoms. The molecular formula is C20H25F4N3O4. The van der Waals surface area contributed by atoms with Crippen LogP contribution in [0.25, 0.3) is 0 Å². The Kier molecular flexibility index (Phi) is 7.71. The van der Waals surface area contributed by atoms with Gasteiger partial charge in [-0.1, -0.05) is 12.1 Å². The van der Waals surface area contributed by atoms with Crippen LogP contribution in [0.5, 0.6) is 0 Å². The summed E-state index contributed by atoms with van der Waals surface area (Å²) in [6, 6.07) is 4.88. The van der Waals surface area contributed by atoms with Gasteiger partial charge in [0, 0.05) is 45.2 Å². The van der Waals surface area contributed by atoms with E-state index in [1.807, 2.05) is 0 Å². The Hall–Kier alpha value is -2.40. The zero-order valence-electron chi connectivity index (χ0n) is 16.9. The number of carbonyl (C=O) groups excluding carboxylic acids is 2. The summed E-state index contributed by atoms with van der Waals surface area (Å²) in [4.78, 5) is 27.5. The third kappa shape index (κ3) is 6.79. The molecule has 7 nitrogen and oxygen atoms in total. The summed E-state index contributed by atoms with van der Waals surface area (Å²) in [6.45, 7) is 0.418. The van der Waals surface area contributed by atoms with Crippen LogP contribution in [0.3, 0.4) is 0 Å². The average Bonchev–Trinajstić information content (AvgIpc) is 2.68. The SMILES string of the molecule is O=C1COCCCN(C(=O)N2CC(C(OCC(F)(F)F)c3ccc(F)cc3)C2)CCN1. The maximum absolute atomic E-state index is 13.2. The lowest BCUT2D eigenvalue weighted by atomic mass is 9.89. The fourth-order valence-electron chi connectivity index (χ4n) is 3.61. The molecule has 2 aliphatic rings. The Bertz CT molecular complexity index is 754. The Morgan fingerprint density at radius 2 is 1.90 bits per heavy atom. The minimum atomic E-state index is -4.49. The van der Waals surface area contributed by atoms with E-state index in [0.29, 0.717) is 31.7 Å². The molecule has 2 aliphatic heterocycles. The van der Waals surface area contributed by atoms with Crippen molar-refractivity contribution < 1.29 is 36.6 Å². The molecule has 1 aromatic rings. The van der Waals surface area contributed by atoms with Crippen molar-refractivity contribution in [2.75, 3.05) is 52.5 Å². The first-order chi connectivity index (χ1) is 14.7. The summed E-state index contributed by atoms with van der Waals surface area (Å²) < 4.78 is 61.6. The molecule has 0 spiro atoms. The number of urea groups is 1. The van der Waals surface area contributed by atoms with E-state index in [0.717, 1.165) is 0 Å². The molecule has 0 saturated carbocycles. The first-order valence-electron chi connectivity index (χ1n) is 10.0. The van der Waals surface area contributed by atoms with Gasteiger partial charge in [-0.25, -0.2) is 9.18 Å². The fourth-order valence-corrected chi connectivity index (χ4v) is 3.61. The van der Waals surface area contributed by atoms with Crippen LogP contribution in [0.15, 0.2) is 24.3 Å². The molecule has 1 atom stereocenters. The van der Waals surface area contributed by atoms with Crippen molar-refractivity contribution in [2.24, 2.45) is 5.92 Å². The number of hydrogen-bond acceptors (Lipinski definition) is 4. The van der Waals surface area contributed by atoms with Crippen molar-refractivity contribution in [3.8, 4) is 0 Å². The molecule has 172 valence electrons. The molecule has 0 aliphatic carbocycles. The van der Waals surface area contributed by atoms with Gasteiger partial charge < -0.3 is 24.6 Å². The van der Waals surface area contributed by atoms with E-state index in [1.54, 1.807) is 4.90 Å². The second kappa shape index (κ2) is 10.3. The summed E-state index contributed by atoms with van der Waals surface area (Å²) in [7, 11) is 0. The molecule has 0 aromatic heterocycles. The lowest BCUT2D eigenvalue weighted by Crippen LogP contribution is -2.57. The van der Waals surface area contributed by atoms with Gasteiger partial charge >= 0.3 is 12.2 Å². The number of nitrogens with one attached hydrogen (secondary N) is 1. The monoisotopic (exact) mass is 447 g/mol. The summed E-state index contributed by atoms with van der Waals surface area (Å²) in [5.41, 5.74) is 0.432. The van der Waals surface area contributed by atoms with Crippen LogP contribution in [0.1, 0.15) is 18.1 Å². The molecule has 2 fully saturated rings. The first-order valence-corrected chi connectivity index (χ1v) is 10.0. The van der Waals surface area contributed by atoms with Gasteiger partial charge in [-0.15, -0.1) is 0 Å². The highest BCUT2D eigenvalue weighted by Crippen LogP contribution is 2.35. The molecule has 2 saturated heterocycles. The van der Waals surface area contributed by atoms with Gasteiger partial charge in [-0.2, -0.15) is 13.2 Å². The lowest BCUT2D eigenvalue weighted by Gasteiger charge is -2.45. The van der Waals surface area contributed by atoms with Crippen LogP contribution in [-0.4, -0.2) is 80.5 Å². The molecule has 0 radical (unpaired) electrons. The maximum Gasteiger partial charge on any atom is 0.411 e. The van der Waals surface area contributed by atoms with E-state index in [-0.39, 0.29) is 44.1 Å². The normalized spacial score (nSPS) is 20.1. The van der Waals surface area contributed by atoms with Crippen LogP contribution in [-0.2, 0) is 14.3 Å². The van der Waals surface area contributed by atoms with Crippen molar-refractivity contribution in [1.82, 2.24) is 15.1 Å². The smallest absolute Gasteiger partial charge is 0.372 e. The van der Waals surface area contributed by atoms with Gasteiger partial charge in [-0.05, 0) is 24.1 Å². The van der Waals surface area contributed by atoms with Crippen molar-refractivity contribution in [2.45, 2.75) is 18.7 Å². The number of likely N-dealkylation sites (tertiary alicyclic amines) is 1. The first kappa shape index (κ1) is 23.3. The molecule has 3 amide bonds. The van der Waals surface area contributed by atoms with Gasteiger partial charge in [0.25, 0.3) is 0 Å². The Morgan fingerprint density at radius 1 is 1.19 bits per heavy atom. The van der Waals surface area contributed by atoms with E-state index in [2.05, 4.69) is 5.32 Å². The highest BCUT2D eigenvalue weighted by molar-refractivity contribution is 5.77. The topological polar surface area (TPSA) is 71.1 Å². The Morgan fingerprint density at radius 3 is 2.58 bits per heavy atom. The second-order valence-corrected chi connectivity index (χ2v) is 7.59. The van der Waals surface area contributed by atoms with Gasteiger partial charge in [0.2, 0.25) is 5.91 Å². The van der Waals surface area contributed by atoms with Crippen LogP contribution in [0, 0.1) is 11.7 Å². The highest BCUT2D eigenvalue weighted by atomic mass is 19.4. The molecule has 3 rings (SSSR count). The van der Waals surface area contributed by atoms with Crippen LogP contribution < -0.4 is 5.32 Å². The molecule has 1 unspecified atom stereocenters. The van der Waals surface area contributed by atoms with E-state index < -0.39 is 24.7 Å². The number of halogens is 4. The average molecular weight is 447 g/mol. The molecular weight excluding hydrogens is 422 g/mol. The largest absolute Gasteiger partial charge is 0.411 e. The van der Waals surface area contributed by atoms with Crippen molar-refractivity contribution in [1.29, 1.82) is 0 Å². The highest BCUT2D eigenvalue weighted by Gasteiger charge is 2.41. The van der Waals surface area contributed by atoms with Crippen LogP contribution in [0.4, 0.5) is 22.4 Å². The van der Waals surface area contributed by atoms with E-state index in [9.17, 15) is 27.2 Å². The number of nitrogens with zero attached hydrogens (tertiary/aromatic N) is 2. The van der Waals surface area contributed by atoms with Crippen LogP contribution in [0.2, 0.25) is 0 Å². The second-order valence-electron chi connectivity index (χ2n) is 7.59. The minimum Gasteiger partial charge on any atom is -0.372 e.